The molecule has 0 bridgehead atoms. The zero-order valence-electron chi connectivity index (χ0n) is 19.4. The fraction of sp³-hybridized carbons (Fsp3) is 0.375. The molecule has 0 aliphatic rings. The van der Waals surface area contributed by atoms with Gasteiger partial charge in [-0.05, 0) is 68.7 Å². The number of carbonyl (C=O) groups is 1. The summed E-state index contributed by atoms with van der Waals surface area (Å²) >= 11 is 0. The van der Waals surface area contributed by atoms with Crippen LogP contribution in [-0.4, -0.2) is 48.3 Å². The minimum Gasteiger partial charge on any atom is -0.493 e. The monoisotopic (exact) mass is 439 g/mol. The van der Waals surface area contributed by atoms with Gasteiger partial charge in [-0.25, -0.2) is 0 Å². The van der Waals surface area contributed by atoms with Crippen molar-refractivity contribution >= 4 is 5.91 Å². The smallest absolute Gasteiger partial charge is 0.260 e. The van der Waals surface area contributed by atoms with Crippen LogP contribution in [-0.2, 0) is 11.3 Å². The Hall–Kier alpha value is -3.55. The second kappa shape index (κ2) is 10.2. The van der Waals surface area contributed by atoms with Crippen molar-refractivity contribution in [1.29, 1.82) is 0 Å². The number of aryl methyl sites for hydroxylation is 2. The molecule has 0 aliphatic heterocycles. The molecule has 0 saturated carbocycles. The van der Waals surface area contributed by atoms with E-state index in [1.165, 1.54) is 0 Å². The first-order chi connectivity index (χ1) is 15.4. The molecule has 0 fully saturated rings. The molecule has 0 radical (unpaired) electrons. The van der Waals surface area contributed by atoms with Crippen LogP contribution in [0.3, 0.4) is 0 Å². The van der Waals surface area contributed by atoms with Crippen LogP contribution >= 0.6 is 0 Å². The van der Waals surface area contributed by atoms with Gasteiger partial charge < -0.3 is 23.6 Å². The fourth-order valence-corrected chi connectivity index (χ4v) is 3.33. The van der Waals surface area contributed by atoms with E-state index in [0.29, 0.717) is 29.8 Å². The molecule has 8 heteroatoms. The van der Waals surface area contributed by atoms with Gasteiger partial charge >= 0.3 is 0 Å². The summed E-state index contributed by atoms with van der Waals surface area (Å²) in [6.45, 7) is 8.54. The van der Waals surface area contributed by atoms with Crippen LogP contribution in [0.5, 0.6) is 17.2 Å². The third-order valence-corrected chi connectivity index (χ3v) is 5.29. The zero-order valence-corrected chi connectivity index (χ0v) is 19.4. The highest BCUT2D eigenvalue weighted by molar-refractivity contribution is 5.77. The van der Waals surface area contributed by atoms with Crippen molar-refractivity contribution in [3.8, 4) is 28.6 Å². The first kappa shape index (κ1) is 23.1. The Morgan fingerprint density at radius 2 is 1.78 bits per heavy atom. The number of ether oxygens (including phenoxy) is 3. The quantitative estimate of drug-likeness (QED) is 0.496. The van der Waals surface area contributed by atoms with Crippen molar-refractivity contribution in [1.82, 2.24) is 15.0 Å². The Morgan fingerprint density at radius 3 is 2.47 bits per heavy atom. The molecule has 3 rings (SSSR count). The van der Waals surface area contributed by atoms with Crippen LogP contribution in [0.15, 0.2) is 34.9 Å². The third kappa shape index (κ3) is 5.19. The average Bonchev–Trinajstić information content (AvgIpc) is 3.26. The number of benzene rings is 2. The highest BCUT2D eigenvalue weighted by atomic mass is 16.5. The number of methoxy groups -OCH3 is 2. The van der Waals surface area contributed by atoms with Crippen molar-refractivity contribution in [2.45, 2.75) is 34.2 Å². The second-order valence-corrected chi connectivity index (χ2v) is 7.48. The number of aromatic nitrogens is 2. The molecule has 0 aliphatic carbocycles. The van der Waals surface area contributed by atoms with E-state index in [2.05, 4.69) is 16.2 Å². The Morgan fingerprint density at radius 1 is 1.03 bits per heavy atom. The number of rotatable bonds is 9. The lowest BCUT2D eigenvalue weighted by molar-refractivity contribution is -0.134. The van der Waals surface area contributed by atoms with Crippen LogP contribution in [0.4, 0.5) is 0 Å². The van der Waals surface area contributed by atoms with Crippen LogP contribution in [0, 0.1) is 20.8 Å². The Bertz CT molecular complexity index is 1090. The lowest BCUT2D eigenvalue weighted by Crippen LogP contribution is -2.34. The molecule has 0 atom stereocenters. The predicted molar refractivity (Wildman–Crippen MR) is 120 cm³/mol. The van der Waals surface area contributed by atoms with Gasteiger partial charge in [-0.1, -0.05) is 11.2 Å². The number of hydrogen-bond donors (Lipinski definition) is 0. The molecule has 32 heavy (non-hydrogen) atoms. The van der Waals surface area contributed by atoms with Gasteiger partial charge in [-0.15, -0.1) is 0 Å². The topological polar surface area (TPSA) is 86.9 Å². The van der Waals surface area contributed by atoms with Crippen LogP contribution in [0.2, 0.25) is 0 Å². The standard InChI is InChI=1S/C24H29N3O5/c1-7-27(23(28)14-31-20-11-15(2)10-16(3)17(20)4)13-22-25-24(26-32-22)18-8-9-19(29-5)21(12-18)30-6/h8-12H,7,13-14H2,1-6H3. The number of hydrogen-bond acceptors (Lipinski definition) is 7. The van der Waals surface area contributed by atoms with E-state index < -0.39 is 0 Å². The lowest BCUT2D eigenvalue weighted by Gasteiger charge is -2.19. The summed E-state index contributed by atoms with van der Waals surface area (Å²) in [7, 11) is 3.14. The minimum absolute atomic E-state index is 0.0613. The summed E-state index contributed by atoms with van der Waals surface area (Å²) in [6, 6.07) is 9.40. The molecule has 1 amide bonds. The first-order valence-electron chi connectivity index (χ1n) is 10.4. The summed E-state index contributed by atoms with van der Waals surface area (Å²) in [5.41, 5.74) is 3.98. The van der Waals surface area contributed by atoms with Crippen molar-refractivity contribution in [3.05, 3.63) is 52.9 Å². The average molecular weight is 440 g/mol. The second-order valence-electron chi connectivity index (χ2n) is 7.48. The largest absolute Gasteiger partial charge is 0.493 e. The maximum absolute atomic E-state index is 12.7. The normalized spacial score (nSPS) is 10.7. The van der Waals surface area contributed by atoms with Gasteiger partial charge in [0.25, 0.3) is 5.91 Å². The molecule has 0 spiro atoms. The van der Waals surface area contributed by atoms with Crippen molar-refractivity contribution < 1.29 is 23.5 Å². The molecular formula is C24H29N3O5. The van der Waals surface area contributed by atoms with Crippen LogP contribution in [0.1, 0.15) is 29.5 Å². The van der Waals surface area contributed by atoms with Gasteiger partial charge in [0.1, 0.15) is 12.3 Å². The first-order valence-corrected chi connectivity index (χ1v) is 10.4. The maximum Gasteiger partial charge on any atom is 0.260 e. The lowest BCUT2D eigenvalue weighted by atomic mass is 10.1. The van der Waals surface area contributed by atoms with Gasteiger partial charge in [-0.2, -0.15) is 4.98 Å². The van der Waals surface area contributed by atoms with Crippen LogP contribution in [0.25, 0.3) is 11.4 Å². The van der Waals surface area contributed by atoms with E-state index in [9.17, 15) is 4.79 Å². The SMILES string of the molecule is CCN(Cc1nc(-c2ccc(OC)c(OC)c2)no1)C(=O)COc1cc(C)cc(C)c1C. The minimum atomic E-state index is -0.156. The van der Waals surface area contributed by atoms with Crippen molar-refractivity contribution in [2.24, 2.45) is 0 Å². The Kier molecular flexibility index (Phi) is 7.35. The maximum atomic E-state index is 12.7. The van der Waals surface area contributed by atoms with Gasteiger partial charge in [0, 0.05) is 12.1 Å². The Balaban J connectivity index is 1.67. The summed E-state index contributed by atoms with van der Waals surface area (Å²) in [5.74, 6) is 2.50. The molecule has 0 N–H and O–H groups in total. The van der Waals surface area contributed by atoms with Crippen molar-refractivity contribution in [2.75, 3.05) is 27.4 Å². The summed E-state index contributed by atoms with van der Waals surface area (Å²) in [6.07, 6.45) is 0. The fourth-order valence-electron chi connectivity index (χ4n) is 3.33. The van der Waals surface area contributed by atoms with Gasteiger partial charge in [0.05, 0.1) is 14.2 Å². The molecule has 170 valence electrons. The molecule has 1 aromatic heterocycles. The molecule has 8 nitrogen and oxygen atoms in total. The molecule has 2 aromatic carbocycles. The summed E-state index contributed by atoms with van der Waals surface area (Å²) < 4.78 is 21.8. The van der Waals surface area contributed by atoms with Crippen molar-refractivity contribution in [3.63, 3.8) is 0 Å². The van der Waals surface area contributed by atoms with E-state index in [4.69, 9.17) is 18.7 Å². The number of nitrogens with zero attached hydrogens (tertiary/aromatic N) is 3. The molecule has 1 heterocycles. The number of amides is 1. The van der Waals surface area contributed by atoms with E-state index in [0.717, 1.165) is 28.0 Å². The van der Waals surface area contributed by atoms with Gasteiger partial charge in [0.15, 0.2) is 18.1 Å². The molecule has 0 unspecified atom stereocenters. The highest BCUT2D eigenvalue weighted by Crippen LogP contribution is 2.31. The Labute approximate surface area is 188 Å². The molecular weight excluding hydrogens is 410 g/mol. The number of likely N-dealkylation sites (N-methyl/N-ethyl adjacent to an activating group) is 1. The van der Waals surface area contributed by atoms with E-state index in [1.807, 2.05) is 39.8 Å². The zero-order chi connectivity index (χ0) is 23.3. The van der Waals surface area contributed by atoms with Crippen LogP contribution < -0.4 is 14.2 Å². The van der Waals surface area contributed by atoms with E-state index in [-0.39, 0.29) is 19.1 Å². The molecule has 0 saturated heterocycles. The highest BCUT2D eigenvalue weighted by Gasteiger charge is 2.19. The predicted octanol–water partition coefficient (Wildman–Crippen LogP) is 4.11. The van der Waals surface area contributed by atoms with Gasteiger partial charge in [0.2, 0.25) is 11.7 Å². The number of carbonyl (C=O) groups excluding carboxylic acids is 1. The summed E-state index contributed by atoms with van der Waals surface area (Å²) in [4.78, 5) is 18.8. The van der Waals surface area contributed by atoms with E-state index >= 15 is 0 Å². The summed E-state index contributed by atoms with van der Waals surface area (Å²) in [5, 5.41) is 4.04. The van der Waals surface area contributed by atoms with Gasteiger partial charge in [-0.3, -0.25) is 4.79 Å². The molecule has 3 aromatic rings. The third-order valence-electron chi connectivity index (χ3n) is 5.29. The van der Waals surface area contributed by atoms with E-state index in [1.54, 1.807) is 31.3 Å².